The number of amides is 1. The van der Waals surface area contributed by atoms with Gasteiger partial charge in [-0.3, -0.25) is 14.8 Å². The molecule has 138 valence electrons. The lowest BCUT2D eigenvalue weighted by Crippen LogP contribution is -2.26. The van der Waals surface area contributed by atoms with Crippen molar-refractivity contribution in [1.82, 2.24) is 10.0 Å². The van der Waals surface area contributed by atoms with Crippen molar-refractivity contribution in [3.8, 4) is 0 Å². The maximum Gasteiger partial charge on any atom is 0.274 e. The van der Waals surface area contributed by atoms with E-state index in [1.54, 1.807) is 28.4 Å². The predicted molar refractivity (Wildman–Crippen MR) is 108 cm³/mol. The summed E-state index contributed by atoms with van der Waals surface area (Å²) in [5.41, 5.74) is 3.60. The smallest absolute Gasteiger partial charge is 0.274 e. The molecule has 28 heavy (non-hydrogen) atoms. The van der Waals surface area contributed by atoms with Gasteiger partial charge < -0.3 is 4.57 Å². The van der Waals surface area contributed by atoms with Gasteiger partial charge >= 0.3 is 0 Å². The highest BCUT2D eigenvalue weighted by atomic mass is 16.5. The lowest BCUT2D eigenvalue weighted by atomic mass is 9.98. The first-order valence-corrected chi connectivity index (χ1v) is 8.88. The molecule has 4 aromatic rings. The van der Waals surface area contributed by atoms with Crippen molar-refractivity contribution >= 4 is 16.7 Å². The summed E-state index contributed by atoms with van der Waals surface area (Å²) in [4.78, 5) is 25.1. The van der Waals surface area contributed by atoms with E-state index < -0.39 is 5.91 Å². The number of pyridine rings is 1. The molecular formula is C23H18N2O3. The molecule has 0 saturated heterocycles. The van der Waals surface area contributed by atoms with Gasteiger partial charge in [-0.15, -0.1) is 0 Å². The molecule has 0 atom stereocenters. The number of nitrogens with one attached hydrogen (secondary N) is 1. The summed E-state index contributed by atoms with van der Waals surface area (Å²) in [6.45, 7) is 0. The first kappa shape index (κ1) is 17.7. The van der Waals surface area contributed by atoms with Crippen LogP contribution in [-0.4, -0.2) is 15.7 Å². The van der Waals surface area contributed by atoms with Crippen molar-refractivity contribution in [2.45, 2.75) is 6.04 Å². The first-order chi connectivity index (χ1) is 13.7. The van der Waals surface area contributed by atoms with E-state index in [-0.39, 0.29) is 17.2 Å². The van der Waals surface area contributed by atoms with Crippen molar-refractivity contribution in [1.29, 1.82) is 0 Å². The Bertz CT molecular complexity index is 1150. The van der Waals surface area contributed by atoms with E-state index in [2.05, 4.69) is 0 Å². The Morgan fingerprint density at radius 3 is 2.04 bits per heavy atom. The predicted octanol–water partition coefficient (Wildman–Crippen LogP) is 3.76. The zero-order valence-corrected chi connectivity index (χ0v) is 14.9. The molecule has 0 spiro atoms. The number of rotatable bonds is 4. The third-order valence-corrected chi connectivity index (χ3v) is 4.81. The fourth-order valence-corrected chi connectivity index (χ4v) is 3.45. The third-order valence-electron chi connectivity index (χ3n) is 4.81. The quantitative estimate of drug-likeness (QED) is 0.424. The van der Waals surface area contributed by atoms with Crippen LogP contribution in [0.2, 0.25) is 0 Å². The van der Waals surface area contributed by atoms with Gasteiger partial charge in [-0.1, -0.05) is 66.7 Å². The highest BCUT2D eigenvalue weighted by Crippen LogP contribution is 2.26. The molecule has 0 radical (unpaired) electrons. The van der Waals surface area contributed by atoms with Crippen molar-refractivity contribution in [2.24, 2.45) is 0 Å². The second-order valence-corrected chi connectivity index (χ2v) is 6.50. The van der Waals surface area contributed by atoms with Crippen LogP contribution in [0.5, 0.6) is 0 Å². The Morgan fingerprint density at radius 1 is 0.857 bits per heavy atom. The summed E-state index contributed by atoms with van der Waals surface area (Å²) in [5.74, 6) is -0.653. The molecule has 5 heteroatoms. The Labute approximate surface area is 161 Å². The molecule has 0 fully saturated rings. The molecule has 2 N–H and O–H groups in total. The molecule has 1 amide bonds. The molecule has 5 nitrogen and oxygen atoms in total. The molecule has 3 aromatic carbocycles. The largest absolute Gasteiger partial charge is 0.303 e. The van der Waals surface area contributed by atoms with E-state index in [0.29, 0.717) is 5.39 Å². The topological polar surface area (TPSA) is 71.3 Å². The minimum absolute atomic E-state index is 0.206. The zero-order valence-electron chi connectivity index (χ0n) is 14.9. The van der Waals surface area contributed by atoms with Gasteiger partial charge in [-0.05, 0) is 34.7 Å². The van der Waals surface area contributed by atoms with Crippen LogP contribution in [-0.2, 0) is 0 Å². The van der Waals surface area contributed by atoms with Gasteiger partial charge in [0.2, 0.25) is 0 Å². The van der Waals surface area contributed by atoms with Crippen LogP contribution in [0.4, 0.5) is 0 Å². The number of hydroxylamine groups is 1. The first-order valence-electron chi connectivity index (χ1n) is 8.88. The Morgan fingerprint density at radius 2 is 1.46 bits per heavy atom. The SMILES string of the molecule is O=C(NO)c1ccc2ccn(C(c3ccccc3)c3ccccc3)c(=O)c2c1. The molecule has 0 aliphatic rings. The Hall–Kier alpha value is -3.70. The molecule has 4 rings (SSSR count). The lowest BCUT2D eigenvalue weighted by Gasteiger charge is -2.21. The van der Waals surface area contributed by atoms with Crippen LogP contribution in [0.1, 0.15) is 27.5 Å². The molecule has 1 aromatic heterocycles. The Kier molecular flexibility index (Phi) is 4.74. The van der Waals surface area contributed by atoms with E-state index in [0.717, 1.165) is 16.5 Å². The number of hydrogen-bond donors (Lipinski definition) is 2. The van der Waals surface area contributed by atoms with Gasteiger partial charge in [-0.2, -0.15) is 0 Å². The fourth-order valence-electron chi connectivity index (χ4n) is 3.45. The van der Waals surface area contributed by atoms with Gasteiger partial charge in [0.25, 0.3) is 11.5 Å². The van der Waals surface area contributed by atoms with Crippen molar-refractivity contribution < 1.29 is 10.0 Å². The molecule has 0 bridgehead atoms. The van der Waals surface area contributed by atoms with Gasteiger partial charge in [-0.25, -0.2) is 5.48 Å². The number of benzene rings is 3. The van der Waals surface area contributed by atoms with E-state index >= 15 is 0 Å². The van der Waals surface area contributed by atoms with Gasteiger partial charge in [0.15, 0.2) is 0 Å². The molecular weight excluding hydrogens is 352 g/mol. The summed E-state index contributed by atoms with van der Waals surface area (Å²) in [6, 6.07) is 26.0. The van der Waals surface area contributed by atoms with Crippen LogP contribution < -0.4 is 11.0 Å². The Balaban J connectivity index is 1.95. The summed E-state index contributed by atoms with van der Waals surface area (Å²) >= 11 is 0. The maximum absolute atomic E-state index is 13.3. The minimum atomic E-state index is -0.653. The number of hydrogen-bond acceptors (Lipinski definition) is 3. The van der Waals surface area contributed by atoms with Crippen molar-refractivity contribution in [2.75, 3.05) is 0 Å². The molecule has 0 aliphatic carbocycles. The van der Waals surface area contributed by atoms with Crippen LogP contribution >= 0.6 is 0 Å². The summed E-state index contributed by atoms with van der Waals surface area (Å²) < 4.78 is 1.67. The zero-order chi connectivity index (χ0) is 19.5. The van der Waals surface area contributed by atoms with E-state index in [4.69, 9.17) is 5.21 Å². The fraction of sp³-hybridized carbons (Fsp3) is 0.0435. The van der Waals surface area contributed by atoms with E-state index in [9.17, 15) is 9.59 Å². The van der Waals surface area contributed by atoms with Crippen molar-refractivity contribution in [3.05, 3.63) is 118 Å². The average Bonchev–Trinajstić information content (AvgIpc) is 2.76. The highest BCUT2D eigenvalue weighted by Gasteiger charge is 2.18. The van der Waals surface area contributed by atoms with Crippen molar-refractivity contribution in [3.63, 3.8) is 0 Å². The van der Waals surface area contributed by atoms with E-state index in [1.807, 2.05) is 66.7 Å². The van der Waals surface area contributed by atoms with Gasteiger partial charge in [0, 0.05) is 17.1 Å². The van der Waals surface area contributed by atoms with Crippen LogP contribution in [0.3, 0.4) is 0 Å². The standard InChI is InChI=1S/C23H18N2O3/c26-22(24-28)19-12-11-16-13-14-25(23(27)20(16)15-19)21(17-7-3-1-4-8-17)18-9-5-2-6-10-18/h1-15,21,28H,(H,24,26). The number of fused-ring (bicyclic) bond motifs is 1. The molecule has 0 unspecified atom stereocenters. The number of carbonyl (C=O) groups is 1. The summed E-state index contributed by atoms with van der Waals surface area (Å²) in [6.07, 6.45) is 1.78. The number of carbonyl (C=O) groups excluding carboxylic acids is 1. The highest BCUT2D eigenvalue weighted by molar-refractivity contribution is 5.97. The monoisotopic (exact) mass is 370 g/mol. The maximum atomic E-state index is 13.3. The van der Waals surface area contributed by atoms with E-state index in [1.165, 1.54) is 6.07 Å². The lowest BCUT2D eigenvalue weighted by molar-refractivity contribution is 0.0706. The van der Waals surface area contributed by atoms with Crippen LogP contribution in [0.15, 0.2) is 95.9 Å². The molecule has 0 aliphatic heterocycles. The number of nitrogens with zero attached hydrogens (tertiary/aromatic N) is 1. The minimum Gasteiger partial charge on any atom is -0.303 e. The number of aromatic nitrogens is 1. The van der Waals surface area contributed by atoms with Gasteiger partial charge in [0.1, 0.15) is 0 Å². The second-order valence-electron chi connectivity index (χ2n) is 6.50. The average molecular weight is 370 g/mol. The summed E-state index contributed by atoms with van der Waals surface area (Å²) in [7, 11) is 0. The molecule has 0 saturated carbocycles. The van der Waals surface area contributed by atoms with Crippen LogP contribution in [0.25, 0.3) is 10.8 Å². The normalized spacial score (nSPS) is 10.9. The molecule has 1 heterocycles. The van der Waals surface area contributed by atoms with Gasteiger partial charge in [0.05, 0.1) is 6.04 Å². The second kappa shape index (κ2) is 7.50. The van der Waals surface area contributed by atoms with Crippen LogP contribution in [0, 0.1) is 0 Å². The third kappa shape index (κ3) is 3.19. The summed E-state index contributed by atoms with van der Waals surface area (Å²) in [5, 5.41) is 10.0.